The number of carbonyl (C=O) groups is 2. The van der Waals surface area contributed by atoms with E-state index in [1.807, 2.05) is 0 Å². The van der Waals surface area contributed by atoms with Gasteiger partial charge in [-0.2, -0.15) is 21.6 Å². The van der Waals surface area contributed by atoms with Crippen LogP contribution in [0.5, 0.6) is 5.75 Å². The maximum Gasteiger partial charge on any atom is 0.534 e. The predicted octanol–water partition coefficient (Wildman–Crippen LogP) is 1.59. The van der Waals surface area contributed by atoms with Crippen LogP contribution in [0.25, 0.3) is 0 Å². The molecule has 0 radical (unpaired) electrons. The summed E-state index contributed by atoms with van der Waals surface area (Å²) in [5.74, 6) is -7.00. The molecule has 30 heavy (non-hydrogen) atoms. The molecule has 2 rings (SSSR count). The number of carbonyl (C=O) groups excluding carboxylic acids is 2. The van der Waals surface area contributed by atoms with E-state index in [2.05, 4.69) is 13.7 Å². The number of benzene rings is 1. The van der Waals surface area contributed by atoms with Gasteiger partial charge in [0.25, 0.3) is 0 Å². The summed E-state index contributed by atoms with van der Waals surface area (Å²) in [7, 11) is -4.40. The van der Waals surface area contributed by atoms with Gasteiger partial charge in [0.1, 0.15) is 18.2 Å². The smallest absolute Gasteiger partial charge is 0.466 e. The van der Waals surface area contributed by atoms with E-state index in [-0.39, 0.29) is 12.1 Å². The summed E-state index contributed by atoms with van der Waals surface area (Å²) in [6.07, 6.45) is 0. The van der Waals surface area contributed by atoms with Crippen molar-refractivity contribution in [1.29, 1.82) is 0 Å². The lowest BCUT2D eigenvalue weighted by Gasteiger charge is -2.31. The molecule has 0 atom stereocenters. The fourth-order valence-corrected chi connectivity index (χ4v) is 2.75. The molecule has 1 aliphatic rings. The molecule has 0 N–H and O–H groups in total. The fourth-order valence-electron chi connectivity index (χ4n) is 2.29. The SMILES string of the molecule is COC(=O)C1=C(C(=O)OC)N(c2cc(OS(=O)(=O)C(F)(F)F)c(F)cc2F)COC1. The lowest BCUT2D eigenvalue weighted by molar-refractivity contribution is -0.140. The number of methoxy groups -OCH3 is 2. The zero-order valence-corrected chi connectivity index (χ0v) is 15.9. The highest BCUT2D eigenvalue weighted by molar-refractivity contribution is 7.88. The lowest BCUT2D eigenvalue weighted by Crippen LogP contribution is -2.39. The minimum absolute atomic E-state index is 0.0257. The van der Waals surface area contributed by atoms with E-state index in [0.717, 1.165) is 14.2 Å². The first-order chi connectivity index (χ1) is 13.8. The Morgan fingerprint density at radius 3 is 2.20 bits per heavy atom. The van der Waals surface area contributed by atoms with Gasteiger partial charge in [0.15, 0.2) is 11.6 Å². The van der Waals surface area contributed by atoms with Crippen molar-refractivity contribution in [3.8, 4) is 5.75 Å². The molecule has 0 saturated heterocycles. The molecule has 0 amide bonds. The van der Waals surface area contributed by atoms with Crippen molar-refractivity contribution in [3.05, 3.63) is 35.0 Å². The summed E-state index contributed by atoms with van der Waals surface area (Å²) in [5, 5.41) is 0. The predicted molar refractivity (Wildman–Crippen MR) is 86.3 cm³/mol. The topological polar surface area (TPSA) is 108 Å². The Bertz CT molecular complexity index is 1010. The molecule has 1 heterocycles. The highest BCUT2D eigenvalue weighted by atomic mass is 32.2. The average molecular weight is 461 g/mol. The van der Waals surface area contributed by atoms with Gasteiger partial charge in [-0.15, -0.1) is 0 Å². The first kappa shape index (κ1) is 23.3. The molecule has 0 aliphatic carbocycles. The number of hydrogen-bond acceptors (Lipinski definition) is 9. The van der Waals surface area contributed by atoms with Gasteiger partial charge in [-0.1, -0.05) is 0 Å². The molecule has 1 aromatic rings. The van der Waals surface area contributed by atoms with Crippen LogP contribution in [0.4, 0.5) is 27.6 Å². The maximum absolute atomic E-state index is 14.4. The number of anilines is 1. The van der Waals surface area contributed by atoms with Crippen molar-refractivity contribution >= 4 is 27.7 Å². The van der Waals surface area contributed by atoms with E-state index < -0.39 is 75.2 Å². The van der Waals surface area contributed by atoms with Gasteiger partial charge in [0.2, 0.25) is 0 Å². The average Bonchev–Trinajstić information content (AvgIpc) is 2.67. The first-order valence-corrected chi connectivity index (χ1v) is 8.99. The summed E-state index contributed by atoms with van der Waals surface area (Å²) in [6.45, 7) is -1.11. The molecule has 9 nitrogen and oxygen atoms in total. The number of halogens is 5. The van der Waals surface area contributed by atoms with Gasteiger partial charge in [0, 0.05) is 12.1 Å². The molecule has 0 bridgehead atoms. The zero-order chi connectivity index (χ0) is 22.9. The third-order valence-electron chi connectivity index (χ3n) is 3.61. The number of alkyl halides is 3. The van der Waals surface area contributed by atoms with Crippen LogP contribution in [-0.2, 0) is 33.9 Å². The van der Waals surface area contributed by atoms with Crippen LogP contribution >= 0.6 is 0 Å². The van der Waals surface area contributed by atoms with Gasteiger partial charge >= 0.3 is 27.6 Å². The second-order valence-corrected chi connectivity index (χ2v) is 6.97. The maximum atomic E-state index is 14.4. The zero-order valence-electron chi connectivity index (χ0n) is 15.1. The minimum Gasteiger partial charge on any atom is -0.466 e. The van der Waals surface area contributed by atoms with Crippen molar-refractivity contribution < 1.29 is 58.4 Å². The molecular formula is C15H12F5NO8S. The van der Waals surface area contributed by atoms with Gasteiger partial charge in [-0.05, 0) is 0 Å². The molecule has 0 aromatic heterocycles. The van der Waals surface area contributed by atoms with E-state index in [0.29, 0.717) is 4.90 Å². The van der Waals surface area contributed by atoms with Crippen molar-refractivity contribution in [2.75, 3.05) is 32.5 Å². The summed E-state index contributed by atoms with van der Waals surface area (Å²) in [6, 6.07) is 0.276. The van der Waals surface area contributed by atoms with E-state index in [4.69, 9.17) is 4.74 Å². The molecule has 0 spiro atoms. The van der Waals surface area contributed by atoms with E-state index in [9.17, 15) is 40.0 Å². The first-order valence-electron chi connectivity index (χ1n) is 7.59. The minimum atomic E-state index is -6.29. The Hall–Kier alpha value is -2.94. The number of ether oxygens (including phenoxy) is 3. The monoisotopic (exact) mass is 461 g/mol. The molecule has 0 saturated carbocycles. The van der Waals surface area contributed by atoms with Gasteiger partial charge in [-0.25, -0.2) is 18.4 Å². The highest BCUT2D eigenvalue weighted by Crippen LogP contribution is 2.35. The molecular weight excluding hydrogens is 449 g/mol. The number of hydrogen-bond donors (Lipinski definition) is 0. The van der Waals surface area contributed by atoms with Crippen LogP contribution in [0, 0.1) is 11.6 Å². The Balaban J connectivity index is 2.65. The van der Waals surface area contributed by atoms with Crippen LogP contribution < -0.4 is 9.08 Å². The quantitative estimate of drug-likeness (QED) is 0.280. The van der Waals surface area contributed by atoms with Crippen LogP contribution in [-0.4, -0.2) is 53.4 Å². The number of nitrogens with zero attached hydrogens (tertiary/aromatic N) is 1. The molecule has 15 heteroatoms. The second-order valence-electron chi connectivity index (χ2n) is 5.43. The van der Waals surface area contributed by atoms with Gasteiger partial charge in [0.05, 0.1) is 32.1 Å². The number of rotatable bonds is 5. The van der Waals surface area contributed by atoms with Gasteiger partial charge < -0.3 is 23.3 Å². The van der Waals surface area contributed by atoms with E-state index in [1.165, 1.54) is 0 Å². The third-order valence-corrected chi connectivity index (χ3v) is 4.57. The second kappa shape index (κ2) is 8.43. The van der Waals surface area contributed by atoms with Crippen molar-refractivity contribution in [3.63, 3.8) is 0 Å². The van der Waals surface area contributed by atoms with Crippen molar-refractivity contribution in [2.24, 2.45) is 0 Å². The van der Waals surface area contributed by atoms with Crippen molar-refractivity contribution in [1.82, 2.24) is 0 Å². The van der Waals surface area contributed by atoms with Crippen LogP contribution in [0.15, 0.2) is 23.4 Å². The highest BCUT2D eigenvalue weighted by Gasteiger charge is 2.49. The number of esters is 2. The largest absolute Gasteiger partial charge is 0.534 e. The molecule has 0 unspecified atom stereocenters. The molecule has 1 aliphatic heterocycles. The molecule has 0 fully saturated rings. The standard InChI is InChI=1S/C15H12F5NO8S/c1-26-13(22)7-5-28-6-21(12(7)14(23)27-2)10-4-11(9(17)3-8(10)16)29-30(24,25)15(18,19)20/h3-4H,5-6H2,1-2H3. The fraction of sp³-hybridized carbons (Fsp3) is 0.333. The Morgan fingerprint density at radius 2 is 1.67 bits per heavy atom. The molecule has 166 valence electrons. The summed E-state index contributed by atoms with van der Waals surface area (Å²) in [5.41, 5.74) is -7.79. The normalized spacial score (nSPS) is 15.1. The Morgan fingerprint density at radius 1 is 1.07 bits per heavy atom. The van der Waals surface area contributed by atoms with E-state index >= 15 is 0 Å². The molecule has 1 aromatic carbocycles. The van der Waals surface area contributed by atoms with Crippen LogP contribution in [0.1, 0.15) is 0 Å². The van der Waals surface area contributed by atoms with Crippen molar-refractivity contribution in [2.45, 2.75) is 5.51 Å². The van der Waals surface area contributed by atoms with Crippen LogP contribution in [0.3, 0.4) is 0 Å². The third kappa shape index (κ3) is 4.46. The summed E-state index contributed by atoms with van der Waals surface area (Å²) >= 11 is 0. The van der Waals surface area contributed by atoms with Gasteiger partial charge in [-0.3, -0.25) is 0 Å². The Labute approximate surface area is 165 Å². The summed E-state index contributed by atoms with van der Waals surface area (Å²) < 4.78 is 106. The Kier molecular flexibility index (Phi) is 6.56. The van der Waals surface area contributed by atoms with Crippen LogP contribution in [0.2, 0.25) is 0 Å². The summed E-state index contributed by atoms with van der Waals surface area (Å²) in [4.78, 5) is 24.7. The lowest BCUT2D eigenvalue weighted by atomic mass is 10.1. The van der Waals surface area contributed by atoms with E-state index in [1.54, 1.807) is 0 Å².